The number of hydrogen-bond acceptors (Lipinski definition) is 1. The Kier molecular flexibility index (Phi) is 9.83. The van der Waals surface area contributed by atoms with E-state index in [2.05, 4.69) is 18.8 Å². The quantitative estimate of drug-likeness (QED) is 0.564. The highest BCUT2D eigenvalue weighted by molar-refractivity contribution is 4.97. The highest BCUT2D eigenvalue weighted by Gasteiger charge is 1.93. The van der Waals surface area contributed by atoms with E-state index in [9.17, 15) is 0 Å². The van der Waals surface area contributed by atoms with E-state index in [-0.39, 0.29) is 0 Å². The van der Waals surface area contributed by atoms with E-state index in [1.165, 1.54) is 5.57 Å². The second kappa shape index (κ2) is 7.70. The maximum atomic E-state index is 3.76. The van der Waals surface area contributed by atoms with Gasteiger partial charge in [0, 0.05) is 6.04 Å². The molecule has 0 aromatic rings. The summed E-state index contributed by atoms with van der Waals surface area (Å²) in [4.78, 5) is 0. The normalized spacial score (nSPS) is 11.2. The summed E-state index contributed by atoms with van der Waals surface area (Å²) in [6, 6.07) is 0.458. The fourth-order valence-corrected chi connectivity index (χ4v) is 0.246. The fourth-order valence-electron chi connectivity index (χ4n) is 0.246. The average Bonchev–Trinajstić information content (AvgIpc) is 1.91. The summed E-state index contributed by atoms with van der Waals surface area (Å²) in [5, 5.41) is 3.06. The molecule has 0 fully saturated rings. The van der Waals surface area contributed by atoms with Gasteiger partial charge < -0.3 is 5.32 Å². The molecule has 0 radical (unpaired) electrons. The van der Waals surface area contributed by atoms with Crippen molar-refractivity contribution < 1.29 is 0 Å². The number of nitrogens with one attached hydrogen (secondary N) is 1. The molecule has 0 saturated carbocycles. The summed E-state index contributed by atoms with van der Waals surface area (Å²) in [5.41, 5.74) is 1.18. The molecule has 0 bridgehead atoms. The molecule has 0 aromatic carbocycles. The van der Waals surface area contributed by atoms with Crippen molar-refractivity contribution in [2.24, 2.45) is 0 Å². The second-order valence-electron chi connectivity index (χ2n) is 1.86. The van der Waals surface area contributed by atoms with Crippen LogP contribution in [0.3, 0.4) is 0 Å². The lowest BCUT2D eigenvalue weighted by Crippen LogP contribution is -2.21. The Hall–Kier alpha value is -0.300. The summed E-state index contributed by atoms with van der Waals surface area (Å²) >= 11 is 0. The third-order valence-electron chi connectivity index (χ3n) is 1.17. The lowest BCUT2D eigenvalue weighted by atomic mass is 10.2. The zero-order valence-electron chi connectivity index (χ0n) is 7.28. The topological polar surface area (TPSA) is 12.0 Å². The molecule has 0 aliphatic rings. The summed E-state index contributed by atoms with van der Waals surface area (Å²) in [5.74, 6) is 0. The van der Waals surface area contributed by atoms with Crippen LogP contribution in [0.15, 0.2) is 12.2 Å². The molecule has 0 heterocycles. The van der Waals surface area contributed by atoms with Gasteiger partial charge in [0.15, 0.2) is 0 Å². The molecule has 1 atom stereocenters. The van der Waals surface area contributed by atoms with Crippen LogP contribution in [0.25, 0.3) is 0 Å². The maximum Gasteiger partial charge on any atom is 0.0242 e. The summed E-state index contributed by atoms with van der Waals surface area (Å²) < 4.78 is 0. The highest BCUT2D eigenvalue weighted by Crippen LogP contribution is 1.92. The smallest absolute Gasteiger partial charge is 0.0242 e. The van der Waals surface area contributed by atoms with Gasteiger partial charge in [-0.2, -0.15) is 0 Å². The van der Waals surface area contributed by atoms with Crippen LogP contribution in [0.2, 0.25) is 0 Å². The van der Waals surface area contributed by atoms with E-state index < -0.39 is 0 Å². The van der Waals surface area contributed by atoms with E-state index in [1.807, 2.05) is 27.8 Å². The van der Waals surface area contributed by atoms with Gasteiger partial charge in [0.25, 0.3) is 0 Å². The summed E-state index contributed by atoms with van der Waals surface area (Å²) in [7, 11) is 1.93. The molecule has 1 heteroatoms. The number of rotatable bonds is 2. The Labute approximate surface area is 59.2 Å². The highest BCUT2D eigenvalue weighted by atomic mass is 14.8. The van der Waals surface area contributed by atoms with Gasteiger partial charge in [-0.1, -0.05) is 26.0 Å². The van der Waals surface area contributed by atoms with Crippen LogP contribution < -0.4 is 5.32 Å². The van der Waals surface area contributed by atoms with Crippen molar-refractivity contribution in [2.75, 3.05) is 7.05 Å². The van der Waals surface area contributed by atoms with Crippen molar-refractivity contribution in [3.05, 3.63) is 12.2 Å². The molecule has 1 nitrogen and oxygen atoms in total. The molecule has 9 heavy (non-hydrogen) atoms. The van der Waals surface area contributed by atoms with Crippen molar-refractivity contribution in [1.82, 2.24) is 5.32 Å². The minimum absolute atomic E-state index is 0.458. The van der Waals surface area contributed by atoms with Crippen LogP contribution >= 0.6 is 0 Å². The van der Waals surface area contributed by atoms with Crippen LogP contribution in [0, 0.1) is 0 Å². The van der Waals surface area contributed by atoms with Gasteiger partial charge in [-0.25, -0.2) is 0 Å². The molecule has 0 saturated heterocycles. The molecule has 0 aliphatic heterocycles. The van der Waals surface area contributed by atoms with Crippen molar-refractivity contribution in [3.8, 4) is 0 Å². The monoisotopic (exact) mass is 129 g/mol. The Balaban J connectivity index is 0. The molecule has 0 aromatic heterocycles. The molecule has 1 unspecified atom stereocenters. The minimum Gasteiger partial charge on any atom is -0.314 e. The average molecular weight is 129 g/mol. The first-order valence-electron chi connectivity index (χ1n) is 3.51. The lowest BCUT2D eigenvalue weighted by molar-refractivity contribution is 0.694. The third-order valence-corrected chi connectivity index (χ3v) is 1.17. The summed E-state index contributed by atoms with van der Waals surface area (Å²) in [6.07, 6.45) is 0. The van der Waals surface area contributed by atoms with Crippen LogP contribution in [-0.4, -0.2) is 13.1 Å². The van der Waals surface area contributed by atoms with Crippen LogP contribution in [0.1, 0.15) is 27.7 Å². The third kappa shape index (κ3) is 7.70. The van der Waals surface area contributed by atoms with Crippen molar-refractivity contribution >= 4 is 0 Å². The number of likely N-dealkylation sites (N-methyl/N-ethyl adjacent to an activating group) is 1. The first-order chi connectivity index (χ1) is 4.18. The molecular weight excluding hydrogens is 110 g/mol. The molecule has 0 spiro atoms. The Morgan fingerprint density at radius 2 is 1.78 bits per heavy atom. The largest absolute Gasteiger partial charge is 0.314 e. The van der Waals surface area contributed by atoms with Crippen molar-refractivity contribution in [1.29, 1.82) is 0 Å². The van der Waals surface area contributed by atoms with Crippen LogP contribution in [0.4, 0.5) is 0 Å². The zero-order chi connectivity index (χ0) is 7.86. The van der Waals surface area contributed by atoms with Gasteiger partial charge in [-0.15, -0.1) is 0 Å². The van der Waals surface area contributed by atoms with E-state index in [0.717, 1.165) is 0 Å². The summed E-state index contributed by atoms with van der Waals surface area (Å²) in [6.45, 7) is 11.9. The first-order valence-corrected chi connectivity index (χ1v) is 3.51. The van der Waals surface area contributed by atoms with Gasteiger partial charge in [-0.05, 0) is 20.9 Å². The van der Waals surface area contributed by atoms with Gasteiger partial charge >= 0.3 is 0 Å². The molecule has 0 aliphatic carbocycles. The Morgan fingerprint density at radius 1 is 1.44 bits per heavy atom. The second-order valence-corrected chi connectivity index (χ2v) is 1.86. The number of hydrogen-bond donors (Lipinski definition) is 1. The van der Waals surface area contributed by atoms with Crippen LogP contribution in [-0.2, 0) is 0 Å². The molecule has 0 rings (SSSR count). The standard InChI is InChI=1S/C6H13N.C2H6/c1-5(2)6(3)7-4;1-2/h6-7H,1H2,2-4H3;1-2H3. The fraction of sp³-hybridized carbons (Fsp3) is 0.750. The van der Waals surface area contributed by atoms with Gasteiger partial charge in [0.2, 0.25) is 0 Å². The molecule has 0 amide bonds. The van der Waals surface area contributed by atoms with E-state index in [0.29, 0.717) is 6.04 Å². The Bertz CT molecular complexity index is 67.0. The predicted molar refractivity (Wildman–Crippen MR) is 44.7 cm³/mol. The molecular formula is C8H19N. The Morgan fingerprint density at radius 3 is 1.78 bits per heavy atom. The van der Waals surface area contributed by atoms with Gasteiger partial charge in [-0.3, -0.25) is 0 Å². The van der Waals surface area contributed by atoms with Gasteiger partial charge in [0.05, 0.1) is 0 Å². The molecule has 1 N–H and O–H groups in total. The minimum atomic E-state index is 0.458. The van der Waals surface area contributed by atoms with E-state index in [4.69, 9.17) is 0 Å². The van der Waals surface area contributed by atoms with Crippen LogP contribution in [0.5, 0.6) is 0 Å². The first kappa shape index (κ1) is 11.5. The predicted octanol–water partition coefficient (Wildman–Crippen LogP) is 2.20. The maximum absolute atomic E-state index is 3.76. The van der Waals surface area contributed by atoms with E-state index >= 15 is 0 Å². The lowest BCUT2D eigenvalue weighted by Gasteiger charge is -2.06. The SMILES string of the molecule is C=C(C)C(C)NC.CC. The van der Waals surface area contributed by atoms with E-state index in [1.54, 1.807) is 0 Å². The zero-order valence-corrected chi connectivity index (χ0v) is 7.28. The molecule has 56 valence electrons. The van der Waals surface area contributed by atoms with Gasteiger partial charge in [0.1, 0.15) is 0 Å². The van der Waals surface area contributed by atoms with Crippen molar-refractivity contribution in [3.63, 3.8) is 0 Å². The van der Waals surface area contributed by atoms with Crippen molar-refractivity contribution in [2.45, 2.75) is 33.7 Å².